The third kappa shape index (κ3) is 8.55. The van der Waals surface area contributed by atoms with Gasteiger partial charge >= 0.3 is 0 Å². The molecular weight excluding hydrogens is 443 g/mol. The lowest BCUT2D eigenvalue weighted by molar-refractivity contribution is 0.195. The highest BCUT2D eigenvalue weighted by atomic mass is 127. The Hall–Kier alpha value is -1.06. The van der Waals surface area contributed by atoms with Gasteiger partial charge in [-0.25, -0.2) is 0 Å². The number of hydrogen-bond donors (Lipinski definition) is 2. The molecular formula is C19H35IN4O2. The van der Waals surface area contributed by atoms with Crippen LogP contribution in [-0.2, 0) is 4.74 Å². The van der Waals surface area contributed by atoms with Crippen molar-refractivity contribution < 1.29 is 9.47 Å². The molecule has 1 atom stereocenters. The monoisotopic (exact) mass is 478 g/mol. The van der Waals surface area contributed by atoms with Gasteiger partial charge in [0.2, 0.25) is 0 Å². The maximum absolute atomic E-state index is 5.39. The van der Waals surface area contributed by atoms with Gasteiger partial charge in [-0.3, -0.25) is 9.89 Å². The van der Waals surface area contributed by atoms with Gasteiger partial charge in [0, 0.05) is 33.9 Å². The Kier molecular flexibility index (Phi) is 14.4. The van der Waals surface area contributed by atoms with E-state index >= 15 is 0 Å². The van der Waals surface area contributed by atoms with Crippen LogP contribution in [0.2, 0.25) is 0 Å². The molecule has 26 heavy (non-hydrogen) atoms. The zero-order chi connectivity index (χ0) is 18.5. The van der Waals surface area contributed by atoms with Gasteiger partial charge in [-0.2, -0.15) is 0 Å². The van der Waals surface area contributed by atoms with E-state index < -0.39 is 0 Å². The lowest BCUT2D eigenvalue weighted by Gasteiger charge is -2.31. The predicted octanol–water partition coefficient (Wildman–Crippen LogP) is 2.90. The van der Waals surface area contributed by atoms with Crippen LogP contribution in [0, 0.1) is 0 Å². The van der Waals surface area contributed by atoms with E-state index in [1.807, 2.05) is 12.1 Å². The topological polar surface area (TPSA) is 58.1 Å². The number of rotatable bonds is 11. The first-order valence-electron chi connectivity index (χ1n) is 9.01. The van der Waals surface area contributed by atoms with Gasteiger partial charge in [-0.05, 0) is 37.2 Å². The Morgan fingerprint density at radius 1 is 1.19 bits per heavy atom. The van der Waals surface area contributed by atoms with Crippen molar-refractivity contribution in [2.75, 3.05) is 54.1 Å². The molecule has 0 aliphatic carbocycles. The second-order valence-corrected chi connectivity index (χ2v) is 5.74. The Morgan fingerprint density at radius 3 is 2.50 bits per heavy atom. The molecule has 0 radical (unpaired) electrons. The summed E-state index contributed by atoms with van der Waals surface area (Å²) in [5.41, 5.74) is 1.24. The number of ether oxygens (including phenoxy) is 2. The van der Waals surface area contributed by atoms with Gasteiger partial charge in [0.1, 0.15) is 5.75 Å². The summed E-state index contributed by atoms with van der Waals surface area (Å²) < 4.78 is 10.5. The summed E-state index contributed by atoms with van der Waals surface area (Å²) in [7, 11) is 5.22. The SMILES string of the molecule is CCN(CC)C(CNC(=NC)NCCCOC)c1cccc(OC)c1.I. The Balaban J connectivity index is 0.00000625. The number of hydrogen-bond acceptors (Lipinski definition) is 4. The molecule has 1 unspecified atom stereocenters. The van der Waals surface area contributed by atoms with Crippen molar-refractivity contribution in [2.45, 2.75) is 26.3 Å². The molecule has 0 heterocycles. The number of aliphatic imine (C=N–C) groups is 1. The fourth-order valence-electron chi connectivity index (χ4n) is 2.81. The highest BCUT2D eigenvalue weighted by Crippen LogP contribution is 2.23. The van der Waals surface area contributed by atoms with E-state index in [2.05, 4.69) is 46.5 Å². The van der Waals surface area contributed by atoms with Crippen molar-refractivity contribution in [1.29, 1.82) is 0 Å². The lowest BCUT2D eigenvalue weighted by Crippen LogP contribution is -2.43. The van der Waals surface area contributed by atoms with E-state index in [1.54, 1.807) is 21.3 Å². The fraction of sp³-hybridized carbons (Fsp3) is 0.632. The van der Waals surface area contributed by atoms with Crippen molar-refractivity contribution >= 4 is 29.9 Å². The minimum Gasteiger partial charge on any atom is -0.497 e. The zero-order valence-corrected chi connectivity index (χ0v) is 19.1. The normalized spacial score (nSPS) is 12.5. The van der Waals surface area contributed by atoms with Gasteiger partial charge in [0.25, 0.3) is 0 Å². The second-order valence-electron chi connectivity index (χ2n) is 5.74. The first-order valence-corrected chi connectivity index (χ1v) is 9.01. The molecule has 0 bridgehead atoms. The summed E-state index contributed by atoms with van der Waals surface area (Å²) in [5, 5.41) is 6.77. The van der Waals surface area contributed by atoms with Gasteiger partial charge in [-0.15, -0.1) is 24.0 Å². The van der Waals surface area contributed by atoms with Crippen molar-refractivity contribution in [2.24, 2.45) is 4.99 Å². The quantitative estimate of drug-likeness (QED) is 0.222. The summed E-state index contributed by atoms with van der Waals surface area (Å²) in [5.74, 6) is 1.70. The molecule has 0 saturated carbocycles. The maximum Gasteiger partial charge on any atom is 0.191 e. The molecule has 0 saturated heterocycles. The summed E-state index contributed by atoms with van der Waals surface area (Å²) in [6.45, 7) is 8.71. The molecule has 150 valence electrons. The molecule has 7 heteroatoms. The number of guanidine groups is 1. The number of benzene rings is 1. The number of methoxy groups -OCH3 is 2. The molecule has 0 spiro atoms. The van der Waals surface area contributed by atoms with Crippen LogP contribution in [0.4, 0.5) is 0 Å². The number of likely N-dealkylation sites (N-methyl/N-ethyl adjacent to an activating group) is 1. The average Bonchev–Trinajstić information content (AvgIpc) is 2.66. The van der Waals surface area contributed by atoms with Crippen molar-refractivity contribution in [3.8, 4) is 5.75 Å². The van der Waals surface area contributed by atoms with Crippen molar-refractivity contribution in [3.05, 3.63) is 29.8 Å². The van der Waals surface area contributed by atoms with E-state index in [4.69, 9.17) is 9.47 Å². The van der Waals surface area contributed by atoms with Gasteiger partial charge in [0.05, 0.1) is 13.2 Å². The lowest BCUT2D eigenvalue weighted by atomic mass is 10.0. The Bertz CT molecular complexity index is 510. The minimum absolute atomic E-state index is 0. The van der Waals surface area contributed by atoms with Crippen LogP contribution >= 0.6 is 24.0 Å². The third-order valence-corrected chi connectivity index (χ3v) is 4.24. The van der Waals surface area contributed by atoms with Gasteiger partial charge in [-0.1, -0.05) is 26.0 Å². The van der Waals surface area contributed by atoms with Crippen LogP contribution in [-0.4, -0.2) is 64.9 Å². The molecule has 1 aromatic carbocycles. The summed E-state index contributed by atoms with van der Waals surface area (Å²) >= 11 is 0. The van der Waals surface area contributed by atoms with E-state index in [1.165, 1.54) is 5.56 Å². The van der Waals surface area contributed by atoms with Crippen molar-refractivity contribution in [3.63, 3.8) is 0 Å². The van der Waals surface area contributed by atoms with Crippen LogP contribution in [0.25, 0.3) is 0 Å². The summed E-state index contributed by atoms with van der Waals surface area (Å²) in [6.07, 6.45) is 0.951. The molecule has 0 aromatic heterocycles. The first-order chi connectivity index (χ1) is 12.2. The van der Waals surface area contributed by atoms with E-state index in [0.29, 0.717) is 0 Å². The minimum atomic E-state index is 0. The third-order valence-electron chi connectivity index (χ3n) is 4.24. The van der Waals surface area contributed by atoms with E-state index in [9.17, 15) is 0 Å². The van der Waals surface area contributed by atoms with Gasteiger partial charge < -0.3 is 20.1 Å². The summed E-state index contributed by atoms with van der Waals surface area (Å²) in [4.78, 5) is 6.74. The molecule has 0 fully saturated rings. The molecule has 0 aliphatic rings. The molecule has 0 aliphatic heterocycles. The smallest absolute Gasteiger partial charge is 0.191 e. The number of halogens is 1. The van der Waals surface area contributed by atoms with E-state index in [-0.39, 0.29) is 30.0 Å². The van der Waals surface area contributed by atoms with Crippen LogP contribution < -0.4 is 15.4 Å². The Morgan fingerprint density at radius 2 is 1.92 bits per heavy atom. The molecule has 6 nitrogen and oxygen atoms in total. The number of nitrogens with zero attached hydrogens (tertiary/aromatic N) is 2. The highest BCUT2D eigenvalue weighted by molar-refractivity contribution is 14.0. The standard InChI is InChI=1S/C19H34N4O2.HI/c1-6-23(7-2)18(16-10-8-11-17(14-16)25-5)15-22-19(20-3)21-12-9-13-24-4;/h8,10-11,14,18H,6-7,9,12-13,15H2,1-5H3,(H2,20,21,22);1H. The zero-order valence-electron chi connectivity index (χ0n) is 16.7. The molecule has 2 N–H and O–H groups in total. The maximum atomic E-state index is 5.39. The molecule has 0 amide bonds. The predicted molar refractivity (Wildman–Crippen MR) is 120 cm³/mol. The summed E-state index contributed by atoms with van der Waals surface area (Å²) in [6, 6.07) is 8.54. The van der Waals surface area contributed by atoms with Crippen molar-refractivity contribution in [1.82, 2.24) is 15.5 Å². The largest absolute Gasteiger partial charge is 0.497 e. The fourth-order valence-corrected chi connectivity index (χ4v) is 2.81. The van der Waals surface area contributed by atoms with Gasteiger partial charge in [0.15, 0.2) is 5.96 Å². The van der Waals surface area contributed by atoms with Crippen LogP contribution in [0.3, 0.4) is 0 Å². The van der Waals surface area contributed by atoms with Crippen LogP contribution in [0.5, 0.6) is 5.75 Å². The molecule has 1 rings (SSSR count). The van der Waals surface area contributed by atoms with Crippen LogP contribution in [0.15, 0.2) is 29.3 Å². The van der Waals surface area contributed by atoms with E-state index in [0.717, 1.165) is 50.9 Å². The second kappa shape index (κ2) is 15.0. The average molecular weight is 478 g/mol. The number of nitrogens with one attached hydrogen (secondary N) is 2. The first kappa shape index (κ1) is 24.9. The molecule has 1 aromatic rings. The Labute approximate surface area is 175 Å². The van der Waals surface area contributed by atoms with Crippen LogP contribution in [0.1, 0.15) is 31.9 Å². The highest BCUT2D eigenvalue weighted by Gasteiger charge is 2.19.